The Morgan fingerprint density at radius 1 is 1.15 bits per heavy atom. The number of benzene rings is 2. The summed E-state index contributed by atoms with van der Waals surface area (Å²) in [7, 11) is 3.75. The van der Waals surface area contributed by atoms with Crippen molar-refractivity contribution in [3.63, 3.8) is 0 Å². The van der Waals surface area contributed by atoms with Crippen LogP contribution in [0, 0.1) is 0 Å². The van der Waals surface area contributed by atoms with E-state index >= 15 is 0 Å². The molecule has 182 valence electrons. The number of carbonyl (C=O) groups excluding carboxylic acids is 2. The first kappa shape index (κ1) is 25.1. The van der Waals surface area contributed by atoms with Gasteiger partial charge in [-0.1, -0.05) is 18.2 Å². The van der Waals surface area contributed by atoms with Gasteiger partial charge in [-0.2, -0.15) is 0 Å². The van der Waals surface area contributed by atoms with Crippen LogP contribution in [0.1, 0.15) is 37.9 Å². The molecule has 1 unspecified atom stereocenters. The molecule has 1 atom stereocenters. The highest BCUT2D eigenvalue weighted by molar-refractivity contribution is 6.46. The molecule has 0 aromatic heterocycles. The summed E-state index contributed by atoms with van der Waals surface area (Å²) in [6.07, 6.45) is -0.0667. The third-order valence-electron chi connectivity index (χ3n) is 5.41. The van der Waals surface area contributed by atoms with Gasteiger partial charge in [0.15, 0.2) is 11.5 Å². The quantitative estimate of drug-likeness (QED) is 0.330. The number of likely N-dealkylation sites (N-methyl/N-ethyl adjacent to an activating group) is 1. The van der Waals surface area contributed by atoms with Gasteiger partial charge in [0.25, 0.3) is 11.7 Å². The number of nitrogens with zero attached hydrogens (tertiary/aromatic N) is 2. The number of aromatic hydroxyl groups is 1. The summed E-state index contributed by atoms with van der Waals surface area (Å²) in [5.41, 5.74) is 0.909. The van der Waals surface area contributed by atoms with Gasteiger partial charge in [0.2, 0.25) is 0 Å². The van der Waals surface area contributed by atoms with E-state index in [9.17, 15) is 19.8 Å². The molecule has 34 heavy (non-hydrogen) atoms. The molecule has 1 amide bonds. The van der Waals surface area contributed by atoms with E-state index in [0.717, 1.165) is 0 Å². The minimum Gasteiger partial charge on any atom is -0.507 e. The molecule has 0 spiro atoms. The van der Waals surface area contributed by atoms with Gasteiger partial charge in [-0.25, -0.2) is 0 Å². The third-order valence-corrected chi connectivity index (χ3v) is 5.41. The van der Waals surface area contributed by atoms with Crippen LogP contribution in [0.25, 0.3) is 5.76 Å². The molecule has 2 aromatic carbocycles. The summed E-state index contributed by atoms with van der Waals surface area (Å²) in [5, 5.41) is 21.4. The Balaban J connectivity index is 2.16. The maximum absolute atomic E-state index is 13.2. The Labute approximate surface area is 200 Å². The second-order valence-corrected chi connectivity index (χ2v) is 8.65. The van der Waals surface area contributed by atoms with Gasteiger partial charge in [0.05, 0.1) is 24.3 Å². The standard InChI is InChI=1S/C26H32N2O6/c1-6-33-21-15-17(10-11-20(21)29)23-22(25(31)26(32)28(23)13-12-27(4)5)24(30)18-8-7-9-19(14-18)34-16(2)3/h7-11,14-16,23,29-30H,6,12-13H2,1-5H3/b24-22-. The summed E-state index contributed by atoms with van der Waals surface area (Å²) >= 11 is 0. The highest BCUT2D eigenvalue weighted by Gasteiger charge is 2.46. The number of hydrogen-bond acceptors (Lipinski definition) is 7. The zero-order chi connectivity index (χ0) is 25.0. The topological polar surface area (TPSA) is 99.5 Å². The lowest BCUT2D eigenvalue weighted by molar-refractivity contribution is -0.140. The molecule has 0 saturated carbocycles. The van der Waals surface area contributed by atoms with Gasteiger partial charge in [-0.3, -0.25) is 9.59 Å². The lowest BCUT2D eigenvalue weighted by Gasteiger charge is -2.27. The number of hydrogen-bond donors (Lipinski definition) is 2. The first-order valence-electron chi connectivity index (χ1n) is 11.3. The first-order valence-corrected chi connectivity index (χ1v) is 11.3. The number of ketones is 1. The van der Waals surface area contributed by atoms with E-state index in [-0.39, 0.29) is 35.5 Å². The number of aliphatic hydroxyl groups excluding tert-OH is 1. The van der Waals surface area contributed by atoms with Crippen LogP contribution in [0.15, 0.2) is 48.0 Å². The number of likely N-dealkylation sites (tertiary alicyclic amines) is 1. The molecule has 1 heterocycles. The van der Waals surface area contributed by atoms with Gasteiger partial charge in [0, 0.05) is 18.7 Å². The molecule has 8 heteroatoms. The van der Waals surface area contributed by atoms with Crippen LogP contribution >= 0.6 is 0 Å². The summed E-state index contributed by atoms with van der Waals surface area (Å²) in [4.78, 5) is 29.6. The van der Waals surface area contributed by atoms with Crippen LogP contribution in [0.3, 0.4) is 0 Å². The molecule has 1 saturated heterocycles. The van der Waals surface area contributed by atoms with Crippen LogP contribution in [-0.2, 0) is 9.59 Å². The second kappa shape index (κ2) is 10.6. The van der Waals surface area contributed by atoms with Gasteiger partial charge in [-0.05, 0) is 64.7 Å². The normalized spacial score (nSPS) is 17.6. The molecular formula is C26H32N2O6. The average Bonchev–Trinajstić information content (AvgIpc) is 3.03. The third kappa shape index (κ3) is 5.34. The van der Waals surface area contributed by atoms with Crippen molar-refractivity contribution in [2.75, 3.05) is 33.8 Å². The van der Waals surface area contributed by atoms with Crippen molar-refractivity contribution in [1.29, 1.82) is 0 Å². The van der Waals surface area contributed by atoms with E-state index in [1.807, 2.05) is 32.8 Å². The molecule has 0 bridgehead atoms. The van der Waals surface area contributed by atoms with E-state index in [4.69, 9.17) is 9.47 Å². The predicted octanol–water partition coefficient (Wildman–Crippen LogP) is 3.56. The first-order chi connectivity index (χ1) is 16.1. The van der Waals surface area contributed by atoms with Crippen LogP contribution in [0.4, 0.5) is 0 Å². The molecule has 0 aliphatic carbocycles. The van der Waals surface area contributed by atoms with Crippen molar-refractivity contribution in [2.24, 2.45) is 0 Å². The van der Waals surface area contributed by atoms with Crippen molar-refractivity contribution in [2.45, 2.75) is 32.9 Å². The number of rotatable bonds is 9. The Kier molecular flexibility index (Phi) is 7.83. The fraction of sp³-hybridized carbons (Fsp3) is 0.385. The smallest absolute Gasteiger partial charge is 0.295 e. The van der Waals surface area contributed by atoms with Gasteiger partial charge in [-0.15, -0.1) is 0 Å². The Morgan fingerprint density at radius 2 is 1.88 bits per heavy atom. The zero-order valence-electron chi connectivity index (χ0n) is 20.2. The largest absolute Gasteiger partial charge is 0.507 e. The molecule has 1 aliphatic rings. The van der Waals surface area contributed by atoms with E-state index < -0.39 is 17.7 Å². The summed E-state index contributed by atoms with van der Waals surface area (Å²) < 4.78 is 11.2. The number of amides is 1. The van der Waals surface area contributed by atoms with Crippen molar-refractivity contribution >= 4 is 17.4 Å². The summed E-state index contributed by atoms with van der Waals surface area (Å²) in [6, 6.07) is 10.6. The SMILES string of the molecule is CCOc1cc(C2/C(=C(/O)c3cccc(OC(C)C)c3)C(=O)C(=O)N2CCN(C)C)ccc1O. The zero-order valence-corrected chi connectivity index (χ0v) is 20.2. The predicted molar refractivity (Wildman–Crippen MR) is 129 cm³/mol. The molecule has 8 nitrogen and oxygen atoms in total. The molecule has 1 aliphatic heterocycles. The molecule has 0 radical (unpaired) electrons. The Bertz CT molecular complexity index is 1090. The summed E-state index contributed by atoms with van der Waals surface area (Å²) in [5.74, 6) is -0.993. The van der Waals surface area contributed by atoms with E-state index in [0.29, 0.717) is 30.0 Å². The lowest BCUT2D eigenvalue weighted by atomic mass is 9.95. The van der Waals surface area contributed by atoms with Crippen LogP contribution < -0.4 is 9.47 Å². The van der Waals surface area contributed by atoms with Gasteiger partial charge >= 0.3 is 0 Å². The minimum absolute atomic E-state index is 0.0152. The Hall–Kier alpha value is -3.52. The molecule has 2 N–H and O–H groups in total. The Morgan fingerprint density at radius 3 is 2.53 bits per heavy atom. The van der Waals surface area contributed by atoms with Gasteiger partial charge < -0.3 is 29.5 Å². The number of aliphatic hydroxyl groups is 1. The maximum Gasteiger partial charge on any atom is 0.295 e. The van der Waals surface area contributed by atoms with E-state index in [2.05, 4.69) is 0 Å². The van der Waals surface area contributed by atoms with Gasteiger partial charge in [0.1, 0.15) is 11.5 Å². The lowest BCUT2D eigenvalue weighted by Crippen LogP contribution is -2.35. The molecule has 2 aromatic rings. The van der Waals surface area contributed by atoms with E-state index in [1.165, 1.54) is 11.0 Å². The van der Waals surface area contributed by atoms with Crippen LogP contribution in [0.2, 0.25) is 0 Å². The number of ether oxygens (including phenoxy) is 2. The van der Waals surface area contributed by atoms with Crippen LogP contribution in [-0.4, -0.2) is 71.6 Å². The second-order valence-electron chi connectivity index (χ2n) is 8.65. The van der Waals surface area contributed by atoms with Crippen molar-refractivity contribution in [3.05, 3.63) is 59.2 Å². The van der Waals surface area contributed by atoms with Crippen molar-refractivity contribution < 1.29 is 29.3 Å². The van der Waals surface area contributed by atoms with Crippen molar-refractivity contribution in [1.82, 2.24) is 9.80 Å². The number of phenolic OH excluding ortho intramolecular Hbond substituents is 1. The monoisotopic (exact) mass is 468 g/mol. The number of phenols is 1. The fourth-order valence-electron chi connectivity index (χ4n) is 3.88. The maximum atomic E-state index is 13.2. The van der Waals surface area contributed by atoms with Crippen molar-refractivity contribution in [3.8, 4) is 17.2 Å². The highest BCUT2D eigenvalue weighted by atomic mass is 16.5. The average molecular weight is 469 g/mol. The fourth-order valence-corrected chi connectivity index (χ4v) is 3.88. The number of Topliss-reactive ketones (excluding diaryl/α,β-unsaturated/α-hetero) is 1. The number of carbonyl (C=O) groups is 2. The highest BCUT2D eigenvalue weighted by Crippen LogP contribution is 2.42. The van der Waals surface area contributed by atoms with E-state index in [1.54, 1.807) is 43.3 Å². The minimum atomic E-state index is -0.838. The van der Waals surface area contributed by atoms with Crippen LogP contribution in [0.5, 0.6) is 17.2 Å². The summed E-state index contributed by atoms with van der Waals surface area (Å²) in [6.45, 7) is 6.72. The molecule has 1 fully saturated rings. The molecular weight excluding hydrogens is 436 g/mol. The molecule has 3 rings (SSSR count).